The van der Waals surface area contributed by atoms with E-state index in [-0.39, 0.29) is 18.4 Å². The molecule has 0 aromatic heterocycles. The van der Waals surface area contributed by atoms with E-state index in [1.807, 2.05) is 44.4 Å². The highest BCUT2D eigenvalue weighted by atomic mass is 16.5. The first-order chi connectivity index (χ1) is 12.2. The van der Waals surface area contributed by atoms with E-state index in [2.05, 4.69) is 29.6 Å². The highest BCUT2D eigenvalue weighted by molar-refractivity contribution is 5.79. The molecule has 0 fully saturated rings. The Labute approximate surface area is 148 Å². The van der Waals surface area contributed by atoms with Gasteiger partial charge < -0.3 is 10.1 Å². The number of ether oxygens (including phenoxy) is 1. The van der Waals surface area contributed by atoms with Gasteiger partial charge in [0, 0.05) is 5.92 Å². The van der Waals surface area contributed by atoms with E-state index in [9.17, 15) is 9.59 Å². The molecule has 4 heteroatoms. The van der Waals surface area contributed by atoms with Crippen LogP contribution < -0.4 is 5.32 Å². The monoisotopic (exact) mass is 336 g/mol. The summed E-state index contributed by atoms with van der Waals surface area (Å²) in [5.41, 5.74) is 4.70. The predicted molar refractivity (Wildman–Crippen MR) is 97.1 cm³/mol. The summed E-state index contributed by atoms with van der Waals surface area (Å²) in [6.45, 7) is 4.11. The van der Waals surface area contributed by atoms with E-state index >= 15 is 0 Å². The predicted octanol–water partition coefficient (Wildman–Crippen LogP) is 4.05. The summed E-state index contributed by atoms with van der Waals surface area (Å²) < 4.78 is 5.44. The number of hydrogen-bond acceptors (Lipinski definition) is 3. The number of benzene rings is 2. The van der Waals surface area contributed by atoms with E-state index in [0.29, 0.717) is 0 Å². The molecule has 0 spiro atoms. The molecule has 1 N–H and O–H groups in total. The fourth-order valence-corrected chi connectivity index (χ4v) is 3.29. The lowest BCUT2D eigenvalue weighted by atomic mass is 9.98. The van der Waals surface area contributed by atoms with Gasteiger partial charge in [0.25, 0.3) is 0 Å². The van der Waals surface area contributed by atoms with Crippen LogP contribution in [0.5, 0.6) is 0 Å². The Morgan fingerprint density at radius 1 is 1.12 bits per heavy atom. The quantitative estimate of drug-likeness (QED) is 0.866. The van der Waals surface area contributed by atoms with Crippen molar-refractivity contribution in [3.05, 3.63) is 59.7 Å². The maximum absolute atomic E-state index is 12.1. The first-order valence-corrected chi connectivity index (χ1v) is 8.64. The van der Waals surface area contributed by atoms with Crippen LogP contribution in [0.3, 0.4) is 0 Å². The second-order valence-electron chi connectivity index (χ2n) is 6.45. The molecule has 0 bridgehead atoms. The lowest BCUT2D eigenvalue weighted by Crippen LogP contribution is -2.41. The number of carbonyl (C=O) groups excluding carboxylic acids is 2. The zero-order valence-electron chi connectivity index (χ0n) is 14.5. The standard InChI is InChI=1S/C21H22NO3/c1-3-14(2)20(12-23)22-21(24)25-13-19-17-10-6-4-8-15(17)16-9-5-7-11-18(16)19/h4-11,14,19-20H,3,13H2,1-2H3,(H,22,24)/t14-,20+/m0/s1. The molecule has 25 heavy (non-hydrogen) atoms. The van der Waals surface area contributed by atoms with Crippen LogP contribution in [0.25, 0.3) is 11.1 Å². The van der Waals surface area contributed by atoms with Gasteiger partial charge in [0.15, 0.2) is 0 Å². The van der Waals surface area contributed by atoms with Gasteiger partial charge in [0.1, 0.15) is 12.6 Å². The number of fused-ring (bicyclic) bond motifs is 3. The van der Waals surface area contributed by atoms with Crippen molar-refractivity contribution in [3.8, 4) is 11.1 Å². The average molecular weight is 336 g/mol. The number of nitrogens with one attached hydrogen (secondary N) is 1. The first kappa shape index (κ1) is 17.2. The highest BCUT2D eigenvalue weighted by Crippen LogP contribution is 2.44. The minimum atomic E-state index is -0.638. The zero-order valence-corrected chi connectivity index (χ0v) is 14.5. The Kier molecular flexibility index (Phi) is 5.17. The molecule has 0 heterocycles. The largest absolute Gasteiger partial charge is 0.449 e. The lowest BCUT2D eigenvalue weighted by Gasteiger charge is -2.19. The topological polar surface area (TPSA) is 55.4 Å². The summed E-state index contributed by atoms with van der Waals surface area (Å²) in [4.78, 5) is 23.1. The van der Waals surface area contributed by atoms with Crippen molar-refractivity contribution in [3.63, 3.8) is 0 Å². The van der Waals surface area contributed by atoms with Crippen molar-refractivity contribution in [1.29, 1.82) is 0 Å². The summed E-state index contributed by atoms with van der Waals surface area (Å²) in [6.07, 6.45) is 2.09. The van der Waals surface area contributed by atoms with Crippen molar-refractivity contribution in [2.24, 2.45) is 5.92 Å². The van der Waals surface area contributed by atoms with Gasteiger partial charge in [-0.3, -0.25) is 4.79 Å². The molecule has 1 radical (unpaired) electrons. The van der Waals surface area contributed by atoms with Crippen LogP contribution in [-0.4, -0.2) is 25.0 Å². The van der Waals surface area contributed by atoms with Crippen molar-refractivity contribution in [1.82, 2.24) is 5.32 Å². The molecule has 0 unspecified atom stereocenters. The molecule has 1 amide bonds. The fraction of sp³-hybridized carbons (Fsp3) is 0.333. The molecule has 1 aliphatic carbocycles. The van der Waals surface area contributed by atoms with E-state index in [4.69, 9.17) is 4.74 Å². The van der Waals surface area contributed by atoms with Gasteiger partial charge in [-0.1, -0.05) is 68.8 Å². The summed E-state index contributed by atoms with van der Waals surface area (Å²) in [7, 11) is 0. The third-order valence-corrected chi connectivity index (χ3v) is 4.96. The molecule has 4 nitrogen and oxygen atoms in total. The van der Waals surface area contributed by atoms with Crippen LogP contribution in [0.2, 0.25) is 0 Å². The van der Waals surface area contributed by atoms with E-state index in [1.165, 1.54) is 11.1 Å². The Hall–Kier alpha value is -2.62. The Bertz CT molecular complexity index is 726. The molecule has 0 saturated heterocycles. The van der Waals surface area contributed by atoms with Crippen molar-refractivity contribution >= 4 is 12.4 Å². The van der Waals surface area contributed by atoms with Crippen LogP contribution in [0, 0.1) is 5.92 Å². The third kappa shape index (κ3) is 3.43. The third-order valence-electron chi connectivity index (χ3n) is 4.96. The van der Waals surface area contributed by atoms with Crippen LogP contribution >= 0.6 is 0 Å². The van der Waals surface area contributed by atoms with Gasteiger partial charge in [-0.15, -0.1) is 0 Å². The molecule has 129 valence electrons. The molecule has 1 aliphatic rings. The number of alkyl carbamates (subject to hydrolysis) is 1. The Morgan fingerprint density at radius 2 is 1.68 bits per heavy atom. The summed E-state index contributed by atoms with van der Waals surface area (Å²) >= 11 is 0. The Balaban J connectivity index is 1.71. The Morgan fingerprint density at radius 3 is 2.20 bits per heavy atom. The first-order valence-electron chi connectivity index (χ1n) is 8.64. The minimum Gasteiger partial charge on any atom is -0.449 e. The summed E-state index contributed by atoms with van der Waals surface area (Å²) in [5, 5.41) is 2.60. The molecule has 0 aliphatic heterocycles. The number of rotatable bonds is 6. The fourth-order valence-electron chi connectivity index (χ4n) is 3.29. The van der Waals surface area contributed by atoms with Crippen LogP contribution in [0.1, 0.15) is 37.3 Å². The van der Waals surface area contributed by atoms with Crippen LogP contribution in [0.15, 0.2) is 48.5 Å². The van der Waals surface area contributed by atoms with Gasteiger partial charge in [0.05, 0.1) is 0 Å². The SMILES string of the molecule is CC[C@H](C)[C@@H]([C]=O)NC(=O)OCC1c2ccccc2-c2ccccc21. The number of carbonyl (C=O) groups is 1. The molecular formula is C21H22NO3. The second-order valence-corrected chi connectivity index (χ2v) is 6.45. The van der Waals surface area contributed by atoms with Crippen molar-refractivity contribution < 1.29 is 14.3 Å². The van der Waals surface area contributed by atoms with Crippen molar-refractivity contribution in [2.75, 3.05) is 6.61 Å². The van der Waals surface area contributed by atoms with Gasteiger partial charge in [-0.05, 0) is 28.2 Å². The lowest BCUT2D eigenvalue weighted by molar-refractivity contribution is 0.139. The second kappa shape index (κ2) is 7.51. The van der Waals surface area contributed by atoms with E-state index < -0.39 is 12.1 Å². The molecule has 2 aromatic rings. The molecule has 2 aromatic carbocycles. The van der Waals surface area contributed by atoms with E-state index in [0.717, 1.165) is 17.5 Å². The van der Waals surface area contributed by atoms with Crippen LogP contribution in [0.4, 0.5) is 4.79 Å². The van der Waals surface area contributed by atoms with Crippen molar-refractivity contribution in [2.45, 2.75) is 32.2 Å². The van der Waals surface area contributed by atoms with Gasteiger partial charge in [-0.25, -0.2) is 4.79 Å². The smallest absolute Gasteiger partial charge is 0.407 e. The van der Waals surface area contributed by atoms with E-state index in [1.54, 1.807) is 0 Å². The molecular weight excluding hydrogens is 314 g/mol. The zero-order chi connectivity index (χ0) is 17.8. The van der Waals surface area contributed by atoms with Gasteiger partial charge in [-0.2, -0.15) is 0 Å². The van der Waals surface area contributed by atoms with Gasteiger partial charge in [0.2, 0.25) is 6.29 Å². The highest BCUT2D eigenvalue weighted by Gasteiger charge is 2.29. The average Bonchev–Trinajstić information content (AvgIpc) is 2.98. The normalized spacial score (nSPS) is 15.0. The van der Waals surface area contributed by atoms with Crippen LogP contribution in [-0.2, 0) is 9.53 Å². The summed E-state index contributed by atoms with van der Waals surface area (Å²) in [6, 6.07) is 15.7. The number of hydrogen-bond donors (Lipinski definition) is 1. The summed E-state index contributed by atoms with van der Waals surface area (Å²) in [5.74, 6) is 0.0402. The van der Waals surface area contributed by atoms with Gasteiger partial charge >= 0.3 is 6.09 Å². The maximum atomic E-state index is 12.1. The molecule has 2 atom stereocenters. The number of amides is 1. The molecule has 0 saturated carbocycles. The maximum Gasteiger partial charge on any atom is 0.407 e. The minimum absolute atomic E-state index is 0.0143. The molecule has 3 rings (SSSR count).